The maximum Gasteiger partial charge on any atom is 0.322 e. The summed E-state index contributed by atoms with van der Waals surface area (Å²) in [6.45, 7) is 0. The van der Waals surface area contributed by atoms with Crippen LogP contribution in [0.25, 0.3) is 0 Å². The van der Waals surface area contributed by atoms with E-state index in [9.17, 15) is 8.78 Å². The van der Waals surface area contributed by atoms with E-state index in [1.54, 1.807) is 0 Å². The average molecular weight is 207 g/mol. The van der Waals surface area contributed by atoms with Crippen LogP contribution in [0.5, 0.6) is 11.8 Å². The van der Waals surface area contributed by atoms with Gasteiger partial charge in [0.2, 0.25) is 0 Å². The Hall–Kier alpha value is -2.04. The zero-order chi connectivity index (χ0) is 10.7. The van der Waals surface area contributed by atoms with Crippen molar-refractivity contribution in [3.05, 3.63) is 48.3 Å². The van der Waals surface area contributed by atoms with Crippen molar-refractivity contribution in [2.24, 2.45) is 0 Å². The molecule has 1 radical (unpaired) electrons. The molecular formula is C10H5F2N2O. The van der Waals surface area contributed by atoms with E-state index in [1.165, 1.54) is 18.3 Å². The van der Waals surface area contributed by atoms with Gasteiger partial charge in [0.25, 0.3) is 0 Å². The Morgan fingerprint density at radius 1 is 1.20 bits per heavy atom. The van der Waals surface area contributed by atoms with E-state index < -0.39 is 11.6 Å². The summed E-state index contributed by atoms with van der Waals surface area (Å²) in [7, 11) is 0. The molecule has 3 nitrogen and oxygen atoms in total. The van der Waals surface area contributed by atoms with Crippen LogP contribution in [0.15, 0.2) is 30.5 Å². The number of hydrogen-bond donors (Lipinski definition) is 0. The van der Waals surface area contributed by atoms with E-state index in [1.807, 2.05) is 0 Å². The van der Waals surface area contributed by atoms with Crippen molar-refractivity contribution in [2.45, 2.75) is 0 Å². The zero-order valence-corrected chi connectivity index (χ0v) is 7.45. The SMILES string of the molecule is Fc1ccc(Oc2n[c]ccn2)cc1F. The molecule has 0 aliphatic carbocycles. The van der Waals surface area contributed by atoms with E-state index in [-0.39, 0.29) is 11.8 Å². The molecule has 0 unspecified atom stereocenters. The summed E-state index contributed by atoms with van der Waals surface area (Å²) in [5.74, 6) is -1.77. The maximum absolute atomic E-state index is 12.8. The van der Waals surface area contributed by atoms with Gasteiger partial charge in [-0.25, -0.2) is 13.8 Å². The molecule has 0 fully saturated rings. The van der Waals surface area contributed by atoms with Crippen molar-refractivity contribution >= 4 is 0 Å². The van der Waals surface area contributed by atoms with Crippen LogP contribution in [0.3, 0.4) is 0 Å². The largest absolute Gasteiger partial charge is 0.424 e. The first kappa shape index (κ1) is 9.51. The summed E-state index contributed by atoms with van der Waals surface area (Å²) < 4.78 is 30.4. The smallest absolute Gasteiger partial charge is 0.322 e. The molecule has 1 aromatic heterocycles. The number of benzene rings is 1. The number of ether oxygens (including phenoxy) is 1. The normalized spacial score (nSPS) is 10.0. The topological polar surface area (TPSA) is 35.0 Å². The third-order valence-electron chi connectivity index (χ3n) is 1.59. The first-order valence-electron chi connectivity index (χ1n) is 4.08. The van der Waals surface area contributed by atoms with E-state index in [4.69, 9.17) is 4.74 Å². The first-order valence-corrected chi connectivity index (χ1v) is 4.08. The molecule has 0 N–H and O–H groups in total. The highest BCUT2D eigenvalue weighted by Gasteiger charge is 2.04. The Labute approximate surface area is 84.4 Å². The third kappa shape index (κ3) is 2.25. The number of aromatic nitrogens is 2. The van der Waals surface area contributed by atoms with Crippen molar-refractivity contribution < 1.29 is 13.5 Å². The molecular weight excluding hydrogens is 202 g/mol. The van der Waals surface area contributed by atoms with E-state index in [0.29, 0.717) is 0 Å². The molecule has 5 heteroatoms. The molecule has 0 aliphatic rings. The molecule has 1 heterocycles. The molecule has 75 valence electrons. The Morgan fingerprint density at radius 3 is 2.73 bits per heavy atom. The van der Waals surface area contributed by atoms with Gasteiger partial charge in [-0.1, -0.05) is 0 Å². The Morgan fingerprint density at radius 2 is 2.07 bits per heavy atom. The third-order valence-corrected chi connectivity index (χ3v) is 1.59. The molecule has 0 atom stereocenters. The van der Waals surface area contributed by atoms with Crippen LogP contribution in [-0.2, 0) is 0 Å². The summed E-state index contributed by atoms with van der Waals surface area (Å²) in [5, 5.41) is 0. The second kappa shape index (κ2) is 4.00. The monoisotopic (exact) mass is 207 g/mol. The average Bonchev–Trinajstić information content (AvgIpc) is 2.25. The van der Waals surface area contributed by atoms with Crippen LogP contribution >= 0.6 is 0 Å². The lowest BCUT2D eigenvalue weighted by atomic mass is 10.3. The molecule has 2 aromatic rings. The van der Waals surface area contributed by atoms with Gasteiger partial charge in [-0.2, -0.15) is 4.98 Å². The molecule has 0 aliphatic heterocycles. The van der Waals surface area contributed by atoms with Gasteiger partial charge < -0.3 is 4.74 Å². The van der Waals surface area contributed by atoms with Gasteiger partial charge >= 0.3 is 6.01 Å². The van der Waals surface area contributed by atoms with Crippen LogP contribution in [0, 0.1) is 17.8 Å². The van der Waals surface area contributed by atoms with Crippen molar-refractivity contribution in [1.29, 1.82) is 0 Å². The van der Waals surface area contributed by atoms with Gasteiger partial charge in [-0.3, -0.25) is 0 Å². The Balaban J connectivity index is 2.22. The Kier molecular flexibility index (Phi) is 2.53. The minimum absolute atomic E-state index is 0.0310. The van der Waals surface area contributed by atoms with Gasteiger partial charge in [0.15, 0.2) is 11.6 Å². The van der Waals surface area contributed by atoms with Gasteiger partial charge in [0.1, 0.15) is 5.75 Å². The molecule has 0 saturated carbocycles. The highest BCUT2D eigenvalue weighted by molar-refractivity contribution is 5.25. The van der Waals surface area contributed by atoms with E-state index >= 15 is 0 Å². The summed E-state index contributed by atoms with van der Waals surface area (Å²) in [5.41, 5.74) is 0. The summed E-state index contributed by atoms with van der Waals surface area (Å²) >= 11 is 0. The van der Waals surface area contributed by atoms with Crippen molar-refractivity contribution in [2.75, 3.05) is 0 Å². The Bertz CT molecular complexity index is 462. The van der Waals surface area contributed by atoms with Gasteiger partial charge in [0, 0.05) is 12.3 Å². The minimum Gasteiger partial charge on any atom is -0.424 e. The molecule has 0 spiro atoms. The first-order chi connectivity index (χ1) is 7.25. The van der Waals surface area contributed by atoms with E-state index in [0.717, 1.165) is 12.1 Å². The molecule has 1 aromatic carbocycles. The highest BCUT2D eigenvalue weighted by atomic mass is 19.2. The molecule has 2 rings (SSSR count). The number of halogens is 2. The van der Waals surface area contributed by atoms with Gasteiger partial charge in [0.05, 0.1) is 6.20 Å². The molecule has 0 amide bonds. The molecule has 0 saturated heterocycles. The van der Waals surface area contributed by atoms with Crippen LogP contribution in [-0.4, -0.2) is 9.97 Å². The van der Waals surface area contributed by atoms with Crippen molar-refractivity contribution in [1.82, 2.24) is 9.97 Å². The van der Waals surface area contributed by atoms with Crippen LogP contribution in [0.4, 0.5) is 8.78 Å². The van der Waals surface area contributed by atoms with Gasteiger partial charge in [-0.15, -0.1) is 0 Å². The standard InChI is InChI=1S/C10H5F2N2O/c11-8-3-2-7(6-9(8)12)15-10-13-4-1-5-14-10/h1-4,6H. The second-order valence-corrected chi connectivity index (χ2v) is 2.65. The summed E-state index contributed by atoms with van der Waals surface area (Å²) in [4.78, 5) is 7.40. The second-order valence-electron chi connectivity index (χ2n) is 2.65. The van der Waals surface area contributed by atoms with Crippen LogP contribution in [0.2, 0.25) is 0 Å². The number of hydrogen-bond acceptors (Lipinski definition) is 3. The van der Waals surface area contributed by atoms with Crippen LogP contribution in [0.1, 0.15) is 0 Å². The minimum atomic E-state index is -0.979. The van der Waals surface area contributed by atoms with Gasteiger partial charge in [-0.05, 0) is 18.2 Å². The van der Waals surface area contributed by atoms with Crippen molar-refractivity contribution in [3.8, 4) is 11.8 Å². The van der Waals surface area contributed by atoms with Crippen LogP contribution < -0.4 is 4.74 Å². The molecule has 0 bridgehead atoms. The predicted octanol–water partition coefficient (Wildman–Crippen LogP) is 2.35. The van der Waals surface area contributed by atoms with Crippen molar-refractivity contribution in [3.63, 3.8) is 0 Å². The fourth-order valence-corrected chi connectivity index (χ4v) is 0.951. The fraction of sp³-hybridized carbons (Fsp3) is 0. The summed E-state index contributed by atoms with van der Waals surface area (Å²) in [6, 6.07) is 4.71. The zero-order valence-electron chi connectivity index (χ0n) is 7.45. The molecule has 15 heavy (non-hydrogen) atoms. The lowest BCUT2D eigenvalue weighted by molar-refractivity contribution is 0.430. The summed E-state index contributed by atoms with van der Waals surface area (Å²) in [6.07, 6.45) is 3.93. The quantitative estimate of drug-likeness (QED) is 0.758. The number of rotatable bonds is 2. The lowest BCUT2D eigenvalue weighted by Crippen LogP contribution is -1.92. The highest BCUT2D eigenvalue weighted by Crippen LogP contribution is 2.19. The predicted molar refractivity (Wildman–Crippen MR) is 47.3 cm³/mol. The fourth-order valence-electron chi connectivity index (χ4n) is 0.951. The lowest BCUT2D eigenvalue weighted by Gasteiger charge is -2.02. The maximum atomic E-state index is 12.8. The number of nitrogens with zero attached hydrogens (tertiary/aromatic N) is 2. The van der Waals surface area contributed by atoms with E-state index in [2.05, 4.69) is 16.2 Å².